The van der Waals surface area contributed by atoms with E-state index in [-0.39, 0.29) is 11.8 Å². The van der Waals surface area contributed by atoms with Gasteiger partial charge in [-0.3, -0.25) is 4.79 Å². The van der Waals surface area contributed by atoms with Crippen molar-refractivity contribution in [1.82, 2.24) is 5.32 Å². The molecule has 3 rings (SSSR count). The minimum absolute atomic E-state index is 0.0292. The van der Waals surface area contributed by atoms with Crippen LogP contribution in [-0.2, 0) is 4.79 Å². The molecule has 22 heavy (non-hydrogen) atoms. The first-order valence-electron chi connectivity index (χ1n) is 7.90. The van der Waals surface area contributed by atoms with Gasteiger partial charge in [-0.1, -0.05) is 42.5 Å². The maximum absolute atomic E-state index is 12.3. The summed E-state index contributed by atoms with van der Waals surface area (Å²) in [6.07, 6.45) is 1.19. The fourth-order valence-electron chi connectivity index (χ4n) is 2.92. The van der Waals surface area contributed by atoms with E-state index < -0.39 is 0 Å². The number of nitrogens with one attached hydrogen (secondary N) is 2. The second-order valence-corrected chi connectivity index (χ2v) is 5.93. The number of hydrogen-bond donors (Lipinski definition) is 2. The summed E-state index contributed by atoms with van der Waals surface area (Å²) in [4.78, 5) is 12.3. The van der Waals surface area contributed by atoms with Crippen LogP contribution in [0.25, 0.3) is 0 Å². The molecule has 2 N–H and O–H groups in total. The van der Waals surface area contributed by atoms with Gasteiger partial charge in [0.05, 0.1) is 5.92 Å². The van der Waals surface area contributed by atoms with Crippen molar-refractivity contribution in [3.8, 4) is 0 Å². The fraction of sp³-hybridized carbons (Fsp3) is 0.316. The maximum Gasteiger partial charge on any atom is 0.231 e. The minimum atomic E-state index is -0.153. The number of benzene rings is 2. The molecular weight excluding hydrogens is 272 g/mol. The fourth-order valence-corrected chi connectivity index (χ4v) is 2.92. The van der Waals surface area contributed by atoms with E-state index in [0.717, 1.165) is 24.3 Å². The Morgan fingerprint density at radius 2 is 1.86 bits per heavy atom. The average molecular weight is 294 g/mol. The van der Waals surface area contributed by atoms with Crippen LogP contribution in [0.4, 0.5) is 5.69 Å². The summed E-state index contributed by atoms with van der Waals surface area (Å²) in [6.45, 7) is 4.08. The Morgan fingerprint density at radius 1 is 1.14 bits per heavy atom. The third-order valence-corrected chi connectivity index (χ3v) is 4.40. The first-order chi connectivity index (χ1) is 10.7. The molecule has 0 spiro atoms. The van der Waals surface area contributed by atoms with Crippen molar-refractivity contribution in [1.29, 1.82) is 0 Å². The lowest BCUT2D eigenvalue weighted by Crippen LogP contribution is -2.18. The molecule has 2 aromatic carbocycles. The van der Waals surface area contributed by atoms with Crippen molar-refractivity contribution in [3.63, 3.8) is 0 Å². The van der Waals surface area contributed by atoms with Gasteiger partial charge in [0.15, 0.2) is 0 Å². The number of carbonyl (C=O) groups excluding carboxylic acids is 1. The summed E-state index contributed by atoms with van der Waals surface area (Å²) in [5.74, 6) is 0.481. The Bertz CT molecular complexity index is 616. The van der Waals surface area contributed by atoms with E-state index in [9.17, 15) is 4.79 Å². The molecule has 1 unspecified atom stereocenters. The van der Waals surface area contributed by atoms with Crippen LogP contribution in [0, 0.1) is 0 Å². The normalized spacial score (nSPS) is 18.9. The molecule has 114 valence electrons. The quantitative estimate of drug-likeness (QED) is 0.906. The maximum atomic E-state index is 12.3. The van der Waals surface area contributed by atoms with E-state index in [2.05, 4.69) is 22.8 Å². The predicted molar refractivity (Wildman–Crippen MR) is 90.2 cm³/mol. The molecule has 2 atom stereocenters. The zero-order chi connectivity index (χ0) is 15.4. The van der Waals surface area contributed by atoms with Crippen molar-refractivity contribution in [2.45, 2.75) is 25.2 Å². The minimum Gasteiger partial charge on any atom is -0.326 e. The van der Waals surface area contributed by atoms with E-state index in [1.54, 1.807) is 0 Å². The molecule has 0 radical (unpaired) electrons. The molecule has 1 aliphatic heterocycles. The molecule has 0 aromatic heterocycles. The standard InChI is InChI=1S/C19H22N2O/c1-14(15-5-3-2-4-6-15)19(22)21-18-9-7-16(8-10-18)17-11-12-20-13-17/h2-10,14,17,20H,11-13H2,1H3,(H,21,22)/t14-,17?/m0/s1. The summed E-state index contributed by atoms with van der Waals surface area (Å²) in [6, 6.07) is 18.1. The van der Waals surface area contributed by atoms with Gasteiger partial charge in [-0.25, -0.2) is 0 Å². The van der Waals surface area contributed by atoms with E-state index in [4.69, 9.17) is 0 Å². The molecule has 1 heterocycles. The topological polar surface area (TPSA) is 41.1 Å². The number of rotatable bonds is 4. The first-order valence-corrected chi connectivity index (χ1v) is 7.90. The predicted octanol–water partition coefficient (Wildman–Crippen LogP) is 3.51. The lowest BCUT2D eigenvalue weighted by atomic mass is 9.98. The van der Waals surface area contributed by atoms with Gasteiger partial charge in [0.2, 0.25) is 5.91 Å². The van der Waals surface area contributed by atoms with Crippen LogP contribution < -0.4 is 10.6 Å². The Labute approximate surface area is 131 Å². The monoisotopic (exact) mass is 294 g/mol. The van der Waals surface area contributed by atoms with Crippen molar-refractivity contribution in [2.75, 3.05) is 18.4 Å². The number of carbonyl (C=O) groups is 1. The second kappa shape index (κ2) is 6.75. The van der Waals surface area contributed by atoms with E-state index in [1.807, 2.05) is 49.4 Å². The average Bonchev–Trinajstić information content (AvgIpc) is 3.10. The zero-order valence-corrected chi connectivity index (χ0v) is 12.9. The van der Waals surface area contributed by atoms with Gasteiger partial charge >= 0.3 is 0 Å². The van der Waals surface area contributed by atoms with E-state index >= 15 is 0 Å². The Balaban J connectivity index is 1.64. The molecule has 0 aliphatic carbocycles. The second-order valence-electron chi connectivity index (χ2n) is 5.93. The summed E-state index contributed by atoms with van der Waals surface area (Å²) >= 11 is 0. The molecule has 1 aliphatic rings. The molecule has 3 heteroatoms. The molecule has 1 amide bonds. The van der Waals surface area contributed by atoms with Crippen LogP contribution >= 0.6 is 0 Å². The van der Waals surface area contributed by atoms with Gasteiger partial charge in [0, 0.05) is 12.2 Å². The highest BCUT2D eigenvalue weighted by Gasteiger charge is 2.17. The smallest absolute Gasteiger partial charge is 0.231 e. The lowest BCUT2D eigenvalue weighted by molar-refractivity contribution is -0.117. The van der Waals surface area contributed by atoms with Crippen LogP contribution in [0.5, 0.6) is 0 Å². The van der Waals surface area contributed by atoms with Crippen molar-refractivity contribution in [2.24, 2.45) is 0 Å². The van der Waals surface area contributed by atoms with Crippen molar-refractivity contribution in [3.05, 3.63) is 65.7 Å². The van der Waals surface area contributed by atoms with Crippen LogP contribution in [-0.4, -0.2) is 19.0 Å². The Hall–Kier alpha value is -2.13. The van der Waals surface area contributed by atoms with Gasteiger partial charge < -0.3 is 10.6 Å². The Morgan fingerprint density at radius 3 is 2.50 bits per heavy atom. The molecule has 0 bridgehead atoms. The van der Waals surface area contributed by atoms with Gasteiger partial charge in [0.1, 0.15) is 0 Å². The highest BCUT2D eigenvalue weighted by Crippen LogP contribution is 2.24. The number of anilines is 1. The largest absolute Gasteiger partial charge is 0.326 e. The van der Waals surface area contributed by atoms with Crippen LogP contribution in [0.1, 0.15) is 36.3 Å². The summed E-state index contributed by atoms with van der Waals surface area (Å²) in [7, 11) is 0. The lowest BCUT2D eigenvalue weighted by Gasteiger charge is -2.14. The van der Waals surface area contributed by atoms with Gasteiger partial charge in [-0.2, -0.15) is 0 Å². The van der Waals surface area contributed by atoms with Gasteiger partial charge in [-0.05, 0) is 49.1 Å². The van der Waals surface area contributed by atoms with Gasteiger partial charge in [-0.15, -0.1) is 0 Å². The summed E-state index contributed by atoms with van der Waals surface area (Å²) < 4.78 is 0. The van der Waals surface area contributed by atoms with Crippen LogP contribution in [0.3, 0.4) is 0 Å². The van der Waals surface area contributed by atoms with Crippen molar-refractivity contribution >= 4 is 11.6 Å². The Kier molecular flexibility index (Phi) is 4.54. The van der Waals surface area contributed by atoms with E-state index in [1.165, 1.54) is 12.0 Å². The van der Waals surface area contributed by atoms with Crippen LogP contribution in [0.15, 0.2) is 54.6 Å². The number of hydrogen-bond acceptors (Lipinski definition) is 2. The molecule has 1 fully saturated rings. The van der Waals surface area contributed by atoms with Gasteiger partial charge in [0.25, 0.3) is 0 Å². The summed E-state index contributed by atoms with van der Waals surface area (Å²) in [5.41, 5.74) is 3.25. The van der Waals surface area contributed by atoms with E-state index in [0.29, 0.717) is 5.92 Å². The highest BCUT2D eigenvalue weighted by atomic mass is 16.1. The SMILES string of the molecule is C[C@H](C(=O)Nc1ccc(C2CCNC2)cc1)c1ccccc1. The first kappa shape index (κ1) is 14.8. The summed E-state index contributed by atoms with van der Waals surface area (Å²) in [5, 5.41) is 6.38. The molecular formula is C19H22N2O. The third-order valence-electron chi connectivity index (χ3n) is 4.40. The molecule has 2 aromatic rings. The third kappa shape index (κ3) is 3.37. The van der Waals surface area contributed by atoms with Crippen molar-refractivity contribution < 1.29 is 4.79 Å². The number of amides is 1. The molecule has 3 nitrogen and oxygen atoms in total. The molecule has 1 saturated heterocycles. The highest BCUT2D eigenvalue weighted by molar-refractivity contribution is 5.95. The zero-order valence-electron chi connectivity index (χ0n) is 12.9. The van der Waals surface area contributed by atoms with Crippen LogP contribution in [0.2, 0.25) is 0 Å². The molecule has 0 saturated carbocycles.